The van der Waals surface area contributed by atoms with E-state index >= 15 is 0 Å². The van der Waals surface area contributed by atoms with Crippen LogP contribution in [0.15, 0.2) is 30.3 Å². The molecule has 0 radical (unpaired) electrons. The van der Waals surface area contributed by atoms with Crippen molar-refractivity contribution in [2.24, 2.45) is 5.92 Å². The Bertz CT molecular complexity index is 498. The van der Waals surface area contributed by atoms with Crippen molar-refractivity contribution < 1.29 is 5.11 Å². The molecular formula is C20H30N2O. The third-order valence-corrected chi connectivity index (χ3v) is 6.48. The van der Waals surface area contributed by atoms with E-state index in [9.17, 15) is 5.11 Å². The van der Waals surface area contributed by atoms with E-state index in [-0.39, 0.29) is 6.10 Å². The van der Waals surface area contributed by atoms with Crippen LogP contribution in [0.4, 0.5) is 0 Å². The molecule has 4 rings (SSSR count). The first-order valence-corrected chi connectivity index (χ1v) is 9.51. The van der Waals surface area contributed by atoms with Crippen LogP contribution in [0.1, 0.15) is 50.0 Å². The molecule has 4 atom stereocenters. The zero-order valence-corrected chi connectivity index (χ0v) is 14.0. The summed E-state index contributed by atoms with van der Waals surface area (Å²) in [6.07, 6.45) is 7.12. The van der Waals surface area contributed by atoms with Crippen molar-refractivity contribution in [3.05, 3.63) is 35.9 Å². The van der Waals surface area contributed by atoms with Crippen LogP contribution in [-0.4, -0.2) is 47.8 Å². The molecule has 3 nitrogen and oxygen atoms in total. The minimum atomic E-state index is -0.143. The number of fused-ring (bicyclic) bond motifs is 1. The summed E-state index contributed by atoms with van der Waals surface area (Å²) in [5.74, 6) is 1.49. The molecule has 0 aromatic heterocycles. The lowest BCUT2D eigenvalue weighted by Crippen LogP contribution is -2.57. The number of benzene rings is 1. The zero-order chi connectivity index (χ0) is 15.6. The molecular weight excluding hydrogens is 284 g/mol. The summed E-state index contributed by atoms with van der Waals surface area (Å²) < 4.78 is 0. The predicted octanol–water partition coefficient (Wildman–Crippen LogP) is 2.76. The van der Waals surface area contributed by atoms with Gasteiger partial charge < -0.3 is 10.4 Å². The van der Waals surface area contributed by atoms with Gasteiger partial charge in [-0.25, -0.2) is 0 Å². The van der Waals surface area contributed by atoms with Crippen LogP contribution in [0.2, 0.25) is 0 Å². The number of likely N-dealkylation sites (tertiary alicyclic amines) is 1. The molecule has 3 fully saturated rings. The van der Waals surface area contributed by atoms with E-state index in [1.807, 2.05) is 0 Å². The number of nitrogens with zero attached hydrogens (tertiary/aromatic N) is 1. The second-order valence-corrected chi connectivity index (χ2v) is 7.79. The van der Waals surface area contributed by atoms with Crippen molar-refractivity contribution in [1.29, 1.82) is 0 Å². The molecule has 126 valence electrons. The first kappa shape index (κ1) is 15.6. The molecule has 1 saturated carbocycles. The molecule has 0 amide bonds. The Morgan fingerprint density at radius 1 is 1.00 bits per heavy atom. The minimum Gasteiger partial charge on any atom is -0.391 e. The number of piperidine rings is 2. The van der Waals surface area contributed by atoms with Crippen molar-refractivity contribution in [3.63, 3.8) is 0 Å². The number of rotatable bonds is 2. The van der Waals surface area contributed by atoms with E-state index in [1.165, 1.54) is 37.7 Å². The lowest BCUT2D eigenvalue weighted by atomic mass is 9.74. The largest absolute Gasteiger partial charge is 0.391 e. The summed E-state index contributed by atoms with van der Waals surface area (Å²) in [6.45, 7) is 3.43. The third kappa shape index (κ3) is 3.33. The van der Waals surface area contributed by atoms with Crippen LogP contribution in [-0.2, 0) is 0 Å². The summed E-state index contributed by atoms with van der Waals surface area (Å²) in [7, 11) is 0. The third-order valence-electron chi connectivity index (χ3n) is 6.48. The maximum atomic E-state index is 10.7. The summed E-state index contributed by atoms with van der Waals surface area (Å²) in [5.41, 5.74) is 1.49. The fourth-order valence-electron chi connectivity index (χ4n) is 5.14. The molecule has 2 heterocycles. The Kier molecular flexibility index (Phi) is 4.70. The van der Waals surface area contributed by atoms with Crippen LogP contribution in [0.5, 0.6) is 0 Å². The molecule has 2 aliphatic heterocycles. The van der Waals surface area contributed by atoms with E-state index in [2.05, 4.69) is 40.5 Å². The molecule has 0 bridgehead atoms. The number of aliphatic hydroxyl groups excluding tert-OH is 1. The highest BCUT2D eigenvalue weighted by molar-refractivity contribution is 5.20. The molecule has 3 heteroatoms. The molecule has 23 heavy (non-hydrogen) atoms. The molecule has 2 saturated heterocycles. The van der Waals surface area contributed by atoms with Crippen LogP contribution < -0.4 is 5.32 Å². The van der Waals surface area contributed by atoms with Gasteiger partial charge in [0.05, 0.1) is 6.10 Å². The lowest BCUT2D eigenvalue weighted by Gasteiger charge is -2.48. The van der Waals surface area contributed by atoms with Gasteiger partial charge in [-0.3, -0.25) is 4.90 Å². The van der Waals surface area contributed by atoms with E-state index in [0.717, 1.165) is 32.0 Å². The van der Waals surface area contributed by atoms with Gasteiger partial charge in [-0.2, -0.15) is 0 Å². The van der Waals surface area contributed by atoms with Crippen LogP contribution in [0.3, 0.4) is 0 Å². The van der Waals surface area contributed by atoms with E-state index in [1.54, 1.807) is 0 Å². The van der Waals surface area contributed by atoms with Gasteiger partial charge in [0.25, 0.3) is 0 Å². The average Bonchev–Trinajstić information content (AvgIpc) is 2.62. The van der Waals surface area contributed by atoms with Gasteiger partial charge in [0, 0.05) is 12.1 Å². The van der Waals surface area contributed by atoms with Gasteiger partial charge in [-0.05, 0) is 75.6 Å². The fourth-order valence-corrected chi connectivity index (χ4v) is 5.14. The van der Waals surface area contributed by atoms with Crippen molar-refractivity contribution in [2.75, 3.05) is 19.6 Å². The standard InChI is InChI=1S/C20H30N2O/c23-20-14-18-17(7-4-10-21-18)13-19(20)22-11-8-16(9-12-22)15-5-2-1-3-6-15/h1-3,5-6,16-21,23H,4,7-14H2/t17-,18-,19-,20-/m1/s1. The number of aliphatic hydroxyl groups is 1. The second kappa shape index (κ2) is 6.92. The molecule has 0 spiro atoms. The smallest absolute Gasteiger partial charge is 0.0710 e. The van der Waals surface area contributed by atoms with Gasteiger partial charge in [0.1, 0.15) is 0 Å². The Morgan fingerprint density at radius 2 is 1.78 bits per heavy atom. The van der Waals surface area contributed by atoms with E-state index in [4.69, 9.17) is 0 Å². The lowest BCUT2D eigenvalue weighted by molar-refractivity contribution is -0.0255. The van der Waals surface area contributed by atoms with Crippen molar-refractivity contribution >= 4 is 0 Å². The minimum absolute atomic E-state index is 0.143. The van der Waals surface area contributed by atoms with Crippen LogP contribution in [0.25, 0.3) is 0 Å². The first-order chi connectivity index (χ1) is 11.3. The monoisotopic (exact) mass is 314 g/mol. The molecule has 3 aliphatic rings. The first-order valence-electron chi connectivity index (χ1n) is 9.51. The van der Waals surface area contributed by atoms with Gasteiger partial charge in [-0.15, -0.1) is 0 Å². The summed E-state index contributed by atoms with van der Waals surface area (Å²) >= 11 is 0. The maximum absolute atomic E-state index is 10.7. The van der Waals surface area contributed by atoms with Crippen LogP contribution >= 0.6 is 0 Å². The highest BCUT2D eigenvalue weighted by atomic mass is 16.3. The maximum Gasteiger partial charge on any atom is 0.0710 e. The average molecular weight is 314 g/mol. The highest BCUT2D eigenvalue weighted by Gasteiger charge is 2.40. The second-order valence-electron chi connectivity index (χ2n) is 7.79. The van der Waals surface area contributed by atoms with Gasteiger partial charge in [0.2, 0.25) is 0 Å². The Morgan fingerprint density at radius 3 is 2.57 bits per heavy atom. The molecule has 2 N–H and O–H groups in total. The summed E-state index contributed by atoms with van der Waals surface area (Å²) in [5, 5.41) is 14.3. The summed E-state index contributed by atoms with van der Waals surface area (Å²) in [6, 6.07) is 11.9. The Balaban J connectivity index is 1.36. The van der Waals surface area contributed by atoms with Crippen molar-refractivity contribution in [1.82, 2.24) is 10.2 Å². The van der Waals surface area contributed by atoms with Gasteiger partial charge in [-0.1, -0.05) is 30.3 Å². The molecule has 0 unspecified atom stereocenters. The van der Waals surface area contributed by atoms with Crippen molar-refractivity contribution in [2.45, 2.75) is 62.6 Å². The molecule has 1 aromatic rings. The molecule has 1 aromatic carbocycles. The number of nitrogens with one attached hydrogen (secondary N) is 1. The van der Waals surface area contributed by atoms with E-state index in [0.29, 0.717) is 18.0 Å². The molecule has 1 aliphatic carbocycles. The number of hydrogen-bond donors (Lipinski definition) is 2. The Hall–Kier alpha value is -0.900. The summed E-state index contributed by atoms with van der Waals surface area (Å²) in [4.78, 5) is 2.59. The van der Waals surface area contributed by atoms with Gasteiger partial charge in [0.15, 0.2) is 0 Å². The van der Waals surface area contributed by atoms with Gasteiger partial charge >= 0.3 is 0 Å². The quantitative estimate of drug-likeness (QED) is 0.881. The highest BCUT2D eigenvalue weighted by Crippen LogP contribution is 2.36. The zero-order valence-electron chi connectivity index (χ0n) is 14.0. The topological polar surface area (TPSA) is 35.5 Å². The van der Waals surface area contributed by atoms with E-state index < -0.39 is 0 Å². The predicted molar refractivity (Wildman–Crippen MR) is 93.5 cm³/mol. The van der Waals surface area contributed by atoms with Crippen molar-refractivity contribution in [3.8, 4) is 0 Å². The number of hydrogen-bond acceptors (Lipinski definition) is 3. The normalized spacial score (nSPS) is 36.6. The van der Waals surface area contributed by atoms with Crippen LogP contribution in [0, 0.1) is 5.92 Å². The fraction of sp³-hybridized carbons (Fsp3) is 0.700. The SMILES string of the molecule is O[C@@H]1C[C@H]2NCCC[C@@H]2C[C@H]1N1CCC(c2ccccc2)CC1. The Labute approximate surface area is 140 Å².